The van der Waals surface area contributed by atoms with E-state index in [1.165, 1.54) is 0 Å². The largest absolute Gasteiger partial charge is 0.296 e. The molecule has 2 aromatic rings. The van der Waals surface area contributed by atoms with Crippen LogP contribution in [0.3, 0.4) is 0 Å². The van der Waals surface area contributed by atoms with Crippen LogP contribution in [0.1, 0.15) is 13.3 Å². The van der Waals surface area contributed by atoms with Crippen LogP contribution in [0.25, 0.3) is 11.4 Å². The summed E-state index contributed by atoms with van der Waals surface area (Å²) in [6.07, 6.45) is 2.47. The molecule has 3 rings (SSSR count). The van der Waals surface area contributed by atoms with Gasteiger partial charge in [0.1, 0.15) is 0 Å². The summed E-state index contributed by atoms with van der Waals surface area (Å²) in [6, 6.07) is 9.93. The third-order valence-electron chi connectivity index (χ3n) is 4.71. The van der Waals surface area contributed by atoms with Crippen LogP contribution in [0, 0.1) is 4.77 Å². The minimum atomic E-state index is -2.92. The molecule has 0 unspecified atom stereocenters. The van der Waals surface area contributed by atoms with Crippen molar-refractivity contribution in [3.05, 3.63) is 47.8 Å². The SMILES string of the molecule is C=CCn1c(-c2ccccc2)nn(CN(CC)[C@@H]2CCS(=O)(=O)C2)c1=S. The van der Waals surface area contributed by atoms with Gasteiger partial charge in [0.25, 0.3) is 0 Å². The van der Waals surface area contributed by atoms with Gasteiger partial charge in [0, 0.05) is 18.2 Å². The van der Waals surface area contributed by atoms with Crippen molar-refractivity contribution < 1.29 is 8.42 Å². The van der Waals surface area contributed by atoms with E-state index in [1.807, 2.05) is 41.8 Å². The first-order chi connectivity index (χ1) is 12.4. The number of hydrogen-bond donors (Lipinski definition) is 0. The average molecular weight is 393 g/mol. The molecule has 0 amide bonds. The van der Waals surface area contributed by atoms with Gasteiger partial charge >= 0.3 is 0 Å². The summed E-state index contributed by atoms with van der Waals surface area (Å²) in [4.78, 5) is 2.14. The molecule has 0 aliphatic carbocycles. The average Bonchev–Trinajstić information content (AvgIpc) is 3.14. The Morgan fingerprint density at radius 2 is 2.12 bits per heavy atom. The highest BCUT2D eigenvalue weighted by Crippen LogP contribution is 2.21. The topological polar surface area (TPSA) is 60.1 Å². The summed E-state index contributed by atoms with van der Waals surface area (Å²) in [5.41, 5.74) is 0.991. The predicted molar refractivity (Wildman–Crippen MR) is 106 cm³/mol. The van der Waals surface area contributed by atoms with Gasteiger partial charge in [-0.25, -0.2) is 13.1 Å². The van der Waals surface area contributed by atoms with Crippen LogP contribution in [0.15, 0.2) is 43.0 Å². The van der Waals surface area contributed by atoms with Crippen molar-refractivity contribution in [1.29, 1.82) is 0 Å². The lowest BCUT2D eigenvalue weighted by Crippen LogP contribution is -2.37. The zero-order valence-electron chi connectivity index (χ0n) is 14.9. The monoisotopic (exact) mass is 392 g/mol. The van der Waals surface area contributed by atoms with Crippen LogP contribution in [0.2, 0.25) is 0 Å². The number of nitrogens with zero attached hydrogens (tertiary/aromatic N) is 4. The van der Waals surface area contributed by atoms with Crippen molar-refractivity contribution in [3.63, 3.8) is 0 Å². The predicted octanol–water partition coefficient (Wildman–Crippen LogP) is 2.73. The van der Waals surface area contributed by atoms with E-state index >= 15 is 0 Å². The fourth-order valence-corrected chi connectivity index (χ4v) is 5.36. The molecule has 1 aromatic heterocycles. The van der Waals surface area contributed by atoms with Crippen molar-refractivity contribution >= 4 is 22.1 Å². The third kappa shape index (κ3) is 3.97. The molecule has 0 saturated carbocycles. The second kappa shape index (κ2) is 7.85. The minimum Gasteiger partial charge on any atom is -0.296 e. The normalized spacial score (nSPS) is 19.1. The zero-order valence-corrected chi connectivity index (χ0v) is 16.5. The molecule has 8 heteroatoms. The number of allylic oxidation sites excluding steroid dienone is 1. The molecule has 140 valence electrons. The van der Waals surface area contributed by atoms with E-state index in [-0.39, 0.29) is 17.5 Å². The van der Waals surface area contributed by atoms with Gasteiger partial charge in [-0.15, -0.1) is 6.58 Å². The first-order valence-corrected chi connectivity index (χ1v) is 11.0. The highest BCUT2D eigenvalue weighted by atomic mass is 32.2. The highest BCUT2D eigenvalue weighted by molar-refractivity contribution is 7.91. The summed E-state index contributed by atoms with van der Waals surface area (Å²) < 4.78 is 28.0. The van der Waals surface area contributed by atoms with Crippen LogP contribution in [-0.4, -0.2) is 51.8 Å². The van der Waals surface area contributed by atoms with Gasteiger partial charge in [-0.05, 0) is 25.2 Å². The first-order valence-electron chi connectivity index (χ1n) is 8.73. The van der Waals surface area contributed by atoms with Crippen LogP contribution in [-0.2, 0) is 23.1 Å². The smallest absolute Gasteiger partial charge is 0.199 e. The lowest BCUT2D eigenvalue weighted by atomic mass is 10.2. The van der Waals surface area contributed by atoms with E-state index in [4.69, 9.17) is 17.3 Å². The van der Waals surface area contributed by atoms with Crippen LogP contribution in [0.5, 0.6) is 0 Å². The Labute approximate surface area is 159 Å². The molecular weight excluding hydrogens is 368 g/mol. The Morgan fingerprint density at radius 3 is 2.69 bits per heavy atom. The third-order valence-corrected chi connectivity index (χ3v) is 6.89. The van der Waals surface area contributed by atoms with Gasteiger partial charge in [0.15, 0.2) is 20.4 Å². The van der Waals surface area contributed by atoms with Gasteiger partial charge in [-0.3, -0.25) is 9.47 Å². The Balaban J connectivity index is 1.92. The quantitative estimate of drug-likeness (QED) is 0.536. The molecule has 0 bridgehead atoms. The molecule has 26 heavy (non-hydrogen) atoms. The minimum absolute atomic E-state index is 0.0247. The van der Waals surface area contributed by atoms with Crippen molar-refractivity contribution in [2.24, 2.45) is 0 Å². The summed E-state index contributed by atoms with van der Waals surface area (Å²) >= 11 is 5.64. The molecule has 0 N–H and O–H groups in total. The Morgan fingerprint density at radius 1 is 1.38 bits per heavy atom. The molecule has 1 aliphatic heterocycles. The number of sulfone groups is 1. The van der Waals surface area contributed by atoms with E-state index in [2.05, 4.69) is 11.5 Å². The molecule has 1 aromatic carbocycles. The van der Waals surface area contributed by atoms with Crippen molar-refractivity contribution in [1.82, 2.24) is 19.2 Å². The maximum Gasteiger partial charge on any atom is 0.199 e. The molecule has 0 spiro atoms. The molecule has 1 aliphatic rings. The van der Waals surface area contributed by atoms with E-state index in [9.17, 15) is 8.42 Å². The molecule has 1 atom stereocenters. The molecule has 1 saturated heterocycles. The van der Waals surface area contributed by atoms with E-state index in [0.29, 0.717) is 24.4 Å². The van der Waals surface area contributed by atoms with Gasteiger partial charge in [0.05, 0.1) is 18.2 Å². The number of hydrogen-bond acceptors (Lipinski definition) is 5. The fraction of sp³-hybridized carbons (Fsp3) is 0.444. The lowest BCUT2D eigenvalue weighted by molar-refractivity contribution is 0.164. The standard InChI is InChI=1S/C18H24N4O2S2/c1-3-11-21-17(15-8-6-5-7-9-15)19-22(18(21)25)14-20(4-2)16-10-12-26(23,24)13-16/h3,5-9,16H,1,4,10-14H2,2H3/t16-/m1/s1. The van der Waals surface area contributed by atoms with Crippen LogP contribution in [0.4, 0.5) is 0 Å². The van der Waals surface area contributed by atoms with E-state index in [0.717, 1.165) is 17.9 Å². The van der Waals surface area contributed by atoms with Crippen molar-refractivity contribution in [2.45, 2.75) is 32.6 Å². The van der Waals surface area contributed by atoms with Gasteiger partial charge in [-0.1, -0.05) is 43.3 Å². The van der Waals surface area contributed by atoms with Crippen molar-refractivity contribution in [3.8, 4) is 11.4 Å². The number of rotatable bonds is 7. The van der Waals surface area contributed by atoms with Crippen molar-refractivity contribution in [2.75, 3.05) is 18.1 Å². The highest BCUT2D eigenvalue weighted by Gasteiger charge is 2.32. The molecule has 0 radical (unpaired) electrons. The second-order valence-electron chi connectivity index (χ2n) is 6.47. The zero-order chi connectivity index (χ0) is 18.7. The summed E-state index contributed by atoms with van der Waals surface area (Å²) in [5, 5.41) is 4.73. The van der Waals surface area contributed by atoms with Crippen LogP contribution >= 0.6 is 12.2 Å². The lowest BCUT2D eigenvalue weighted by Gasteiger charge is -2.26. The summed E-state index contributed by atoms with van der Waals surface area (Å²) in [5.74, 6) is 1.28. The second-order valence-corrected chi connectivity index (χ2v) is 9.07. The fourth-order valence-electron chi connectivity index (χ4n) is 3.34. The maximum absolute atomic E-state index is 11.8. The maximum atomic E-state index is 11.8. The molecule has 2 heterocycles. The van der Waals surface area contributed by atoms with Gasteiger partial charge in [0.2, 0.25) is 0 Å². The summed E-state index contributed by atoms with van der Waals surface area (Å²) in [6.45, 7) is 7.66. The van der Waals surface area contributed by atoms with Gasteiger partial charge < -0.3 is 0 Å². The molecular formula is C18H24N4O2S2. The molecule has 6 nitrogen and oxygen atoms in total. The summed E-state index contributed by atoms with van der Waals surface area (Å²) in [7, 11) is -2.92. The van der Waals surface area contributed by atoms with Gasteiger partial charge in [-0.2, -0.15) is 5.10 Å². The first kappa shape index (κ1) is 19.0. The Hall–Kier alpha value is -1.77. The molecule has 1 fully saturated rings. The van der Waals surface area contributed by atoms with Crippen LogP contribution < -0.4 is 0 Å². The Kier molecular flexibility index (Phi) is 5.74. The number of aromatic nitrogens is 3. The van der Waals surface area contributed by atoms with E-state index < -0.39 is 9.84 Å². The Bertz CT molecular complexity index is 932. The number of benzene rings is 1. The van der Waals surface area contributed by atoms with E-state index in [1.54, 1.807) is 10.8 Å².